The molecule has 1 N–H and O–H groups in total. The van der Waals surface area contributed by atoms with Crippen LogP contribution in [0.25, 0.3) is 0 Å². The molecule has 0 saturated carbocycles. The van der Waals surface area contributed by atoms with E-state index < -0.39 is 11.3 Å². The highest BCUT2D eigenvalue weighted by molar-refractivity contribution is 6.64. The number of hydrogen-bond acceptors (Lipinski definition) is 2. The average Bonchev–Trinajstić information content (AvgIpc) is 2.28. The van der Waals surface area contributed by atoms with Gasteiger partial charge in [-0.3, -0.25) is 9.59 Å². The monoisotopic (exact) mass is 267 g/mol. The molecule has 0 bridgehead atoms. The van der Waals surface area contributed by atoms with E-state index in [1.165, 1.54) is 0 Å². The largest absolute Gasteiger partial charge is 0.345 e. The van der Waals surface area contributed by atoms with Crippen molar-refractivity contribution in [3.05, 3.63) is 35.9 Å². The third kappa shape index (κ3) is 5.32. The summed E-state index contributed by atoms with van der Waals surface area (Å²) in [7, 11) is 0. The second-order valence-electron chi connectivity index (χ2n) is 4.72. The summed E-state index contributed by atoms with van der Waals surface area (Å²) in [5.41, 5.74) is 0.917. The second-order valence-corrected chi connectivity index (χ2v) is 5.09. The van der Waals surface area contributed by atoms with Crippen molar-refractivity contribution in [1.29, 1.82) is 0 Å². The van der Waals surface area contributed by atoms with Crippen molar-refractivity contribution < 1.29 is 9.59 Å². The molecule has 0 spiro atoms. The molecule has 98 valence electrons. The quantitative estimate of drug-likeness (QED) is 0.805. The van der Waals surface area contributed by atoms with Crippen molar-refractivity contribution >= 4 is 22.8 Å². The first-order valence-corrected chi connectivity index (χ1v) is 6.39. The Morgan fingerprint density at radius 2 is 1.83 bits per heavy atom. The van der Waals surface area contributed by atoms with E-state index in [0.717, 1.165) is 5.56 Å². The van der Waals surface area contributed by atoms with Gasteiger partial charge < -0.3 is 5.32 Å². The van der Waals surface area contributed by atoms with Crippen LogP contribution in [0.5, 0.6) is 0 Å². The molecule has 1 aromatic rings. The molecule has 0 fully saturated rings. The van der Waals surface area contributed by atoms with Crippen LogP contribution < -0.4 is 5.32 Å². The molecule has 0 aliphatic heterocycles. The normalized spacial score (nSPS) is 12.2. The van der Waals surface area contributed by atoms with Crippen LogP contribution in [-0.2, 0) is 16.0 Å². The fourth-order valence-corrected chi connectivity index (χ4v) is 1.85. The summed E-state index contributed by atoms with van der Waals surface area (Å²) in [6, 6.07) is 8.80. The van der Waals surface area contributed by atoms with Crippen molar-refractivity contribution in [1.82, 2.24) is 5.32 Å². The Morgan fingerprint density at radius 1 is 1.22 bits per heavy atom. The maximum absolute atomic E-state index is 11.8. The highest BCUT2D eigenvalue weighted by Gasteiger charge is 2.19. The Kier molecular flexibility index (Phi) is 5.86. The van der Waals surface area contributed by atoms with Gasteiger partial charge in [0.15, 0.2) is 0 Å². The lowest BCUT2D eigenvalue weighted by Crippen LogP contribution is -2.40. The fourth-order valence-electron chi connectivity index (χ4n) is 1.71. The zero-order valence-electron chi connectivity index (χ0n) is 10.7. The summed E-state index contributed by atoms with van der Waals surface area (Å²) in [4.78, 5) is 23.0. The van der Waals surface area contributed by atoms with Crippen LogP contribution in [0.2, 0.25) is 0 Å². The van der Waals surface area contributed by atoms with Gasteiger partial charge in [0.25, 0.3) is 0 Å². The summed E-state index contributed by atoms with van der Waals surface area (Å²) in [6.45, 7) is 3.96. The maximum atomic E-state index is 11.8. The number of benzene rings is 1. The van der Waals surface area contributed by atoms with Crippen molar-refractivity contribution in [2.75, 3.05) is 0 Å². The molecule has 0 aromatic heterocycles. The van der Waals surface area contributed by atoms with Crippen molar-refractivity contribution in [2.24, 2.45) is 5.92 Å². The first-order chi connectivity index (χ1) is 8.49. The zero-order valence-corrected chi connectivity index (χ0v) is 11.4. The van der Waals surface area contributed by atoms with Gasteiger partial charge in [-0.05, 0) is 29.5 Å². The van der Waals surface area contributed by atoms with Gasteiger partial charge >= 0.3 is 0 Å². The smallest absolute Gasteiger partial charge is 0.244 e. The molecule has 1 rings (SSSR count). The number of carbonyl (C=O) groups excluding carboxylic acids is 2. The molecule has 0 saturated heterocycles. The molecule has 18 heavy (non-hydrogen) atoms. The third-order valence-corrected chi connectivity index (χ3v) is 2.79. The molecule has 4 heteroatoms. The Morgan fingerprint density at radius 3 is 2.33 bits per heavy atom. The lowest BCUT2D eigenvalue weighted by molar-refractivity contribution is -0.124. The number of hydrogen-bond donors (Lipinski definition) is 1. The number of halogens is 1. The Balaban J connectivity index is 2.54. The maximum Gasteiger partial charge on any atom is 0.244 e. The molecule has 0 heterocycles. The minimum absolute atomic E-state index is 0.180. The topological polar surface area (TPSA) is 46.2 Å². The van der Waals surface area contributed by atoms with Crippen molar-refractivity contribution in [3.63, 3.8) is 0 Å². The average molecular weight is 268 g/mol. The van der Waals surface area contributed by atoms with Crippen LogP contribution in [0, 0.1) is 5.92 Å². The van der Waals surface area contributed by atoms with Crippen LogP contribution in [-0.4, -0.2) is 17.2 Å². The summed E-state index contributed by atoms with van der Waals surface area (Å²) in [5, 5.41) is 2.17. The molecule has 0 aliphatic carbocycles. The van der Waals surface area contributed by atoms with Gasteiger partial charge in [-0.15, -0.1) is 0 Å². The lowest BCUT2D eigenvalue weighted by Gasteiger charge is -2.16. The van der Waals surface area contributed by atoms with E-state index in [2.05, 4.69) is 5.32 Å². The Bertz CT molecular complexity index is 404. The molecule has 1 aromatic carbocycles. The minimum Gasteiger partial charge on any atom is -0.345 e. The van der Waals surface area contributed by atoms with E-state index in [9.17, 15) is 9.59 Å². The van der Waals surface area contributed by atoms with Gasteiger partial charge in [-0.1, -0.05) is 44.2 Å². The predicted octanol–water partition coefficient (Wildman–Crippen LogP) is 2.53. The zero-order chi connectivity index (χ0) is 13.5. The molecule has 3 nitrogen and oxygen atoms in total. The van der Waals surface area contributed by atoms with E-state index in [-0.39, 0.29) is 12.3 Å². The third-order valence-electron chi connectivity index (χ3n) is 2.52. The number of rotatable bonds is 6. The molecule has 0 aliphatic rings. The Labute approximate surface area is 113 Å². The number of carbonyl (C=O) groups is 2. The first-order valence-electron chi connectivity index (χ1n) is 6.01. The highest BCUT2D eigenvalue weighted by Crippen LogP contribution is 2.08. The van der Waals surface area contributed by atoms with E-state index >= 15 is 0 Å². The Hall–Kier alpha value is -1.35. The summed E-state index contributed by atoms with van der Waals surface area (Å²) in [6.07, 6.45) is 0.822. The highest BCUT2D eigenvalue weighted by atomic mass is 35.5. The van der Waals surface area contributed by atoms with Gasteiger partial charge in [0.2, 0.25) is 11.1 Å². The van der Waals surface area contributed by atoms with E-state index in [0.29, 0.717) is 12.3 Å². The minimum atomic E-state index is -0.595. The SMILES string of the molecule is CC(C)CC(NC(=O)Cc1ccccc1)C(=O)Cl. The molecule has 1 atom stereocenters. The van der Waals surface area contributed by atoms with Crippen LogP contribution in [0.3, 0.4) is 0 Å². The van der Waals surface area contributed by atoms with Gasteiger partial charge in [0.05, 0.1) is 6.42 Å². The molecular weight excluding hydrogens is 250 g/mol. The molecular formula is C14H18ClNO2. The van der Waals surface area contributed by atoms with Crippen LogP contribution in [0.15, 0.2) is 30.3 Å². The van der Waals surface area contributed by atoms with E-state index in [4.69, 9.17) is 11.6 Å². The van der Waals surface area contributed by atoms with Crippen LogP contribution in [0.1, 0.15) is 25.8 Å². The second kappa shape index (κ2) is 7.17. The fraction of sp³-hybridized carbons (Fsp3) is 0.429. The standard InChI is InChI=1S/C14H18ClNO2/c1-10(2)8-12(14(15)18)16-13(17)9-11-6-4-3-5-7-11/h3-7,10,12H,8-9H2,1-2H3,(H,16,17). The molecule has 1 amide bonds. The van der Waals surface area contributed by atoms with E-state index in [1.54, 1.807) is 0 Å². The van der Waals surface area contributed by atoms with Crippen molar-refractivity contribution in [2.45, 2.75) is 32.7 Å². The van der Waals surface area contributed by atoms with E-state index in [1.807, 2.05) is 44.2 Å². The first kappa shape index (κ1) is 14.7. The van der Waals surface area contributed by atoms with Gasteiger partial charge in [0.1, 0.15) is 6.04 Å². The van der Waals surface area contributed by atoms with Crippen molar-refractivity contribution in [3.8, 4) is 0 Å². The summed E-state index contributed by atoms with van der Waals surface area (Å²) < 4.78 is 0. The summed E-state index contributed by atoms with van der Waals surface area (Å²) >= 11 is 5.48. The van der Waals surface area contributed by atoms with Gasteiger partial charge in [-0.2, -0.15) is 0 Å². The predicted molar refractivity (Wildman–Crippen MR) is 72.4 cm³/mol. The number of nitrogens with one attached hydrogen (secondary N) is 1. The summed E-state index contributed by atoms with van der Waals surface area (Å²) in [5.74, 6) is 0.121. The number of amides is 1. The van der Waals surface area contributed by atoms with Gasteiger partial charge in [-0.25, -0.2) is 0 Å². The lowest BCUT2D eigenvalue weighted by atomic mass is 10.0. The van der Waals surface area contributed by atoms with Crippen LogP contribution >= 0.6 is 11.6 Å². The molecule has 0 radical (unpaired) electrons. The van der Waals surface area contributed by atoms with Gasteiger partial charge in [0, 0.05) is 0 Å². The molecule has 1 unspecified atom stereocenters. The van der Waals surface area contributed by atoms with Crippen LogP contribution in [0.4, 0.5) is 0 Å².